The Morgan fingerprint density at radius 1 is 0.919 bits per heavy atom. The number of thioether (sulfide) groups is 1. The Kier molecular flexibility index (Phi) is 12.9. The summed E-state index contributed by atoms with van der Waals surface area (Å²) in [7, 11) is 1.68. The third kappa shape index (κ3) is 8.36. The fourth-order valence-electron chi connectivity index (χ4n) is 3.25. The van der Waals surface area contributed by atoms with Crippen LogP contribution in [0.2, 0.25) is 0 Å². The molecule has 2 aromatic rings. The van der Waals surface area contributed by atoms with Gasteiger partial charge in [0.15, 0.2) is 5.78 Å². The highest BCUT2D eigenvalue weighted by Crippen LogP contribution is 2.38. The van der Waals surface area contributed by atoms with Crippen molar-refractivity contribution in [1.82, 2.24) is 5.32 Å². The zero-order valence-electron chi connectivity index (χ0n) is 20.0. The molecular formula is C26H29NO9S. The summed E-state index contributed by atoms with van der Waals surface area (Å²) in [4.78, 5) is 69.4. The zero-order valence-corrected chi connectivity index (χ0v) is 20.8. The van der Waals surface area contributed by atoms with Crippen LogP contribution in [0.3, 0.4) is 0 Å². The first-order valence-corrected chi connectivity index (χ1v) is 11.9. The Morgan fingerprint density at radius 3 is 2.16 bits per heavy atom. The topological polar surface area (TPSA) is 142 Å². The summed E-state index contributed by atoms with van der Waals surface area (Å²) in [6.45, 7) is 3.83. The number of carbonyl (C=O) groups is 6. The van der Waals surface area contributed by atoms with Crippen LogP contribution in [0.4, 0.5) is 0 Å². The molecule has 0 heterocycles. The molecule has 0 saturated carbocycles. The molecule has 1 aliphatic carbocycles. The number of benzene rings is 2. The number of fused-ring (bicyclic) bond motifs is 2. The van der Waals surface area contributed by atoms with Gasteiger partial charge in [0.05, 0.1) is 17.7 Å². The highest BCUT2D eigenvalue weighted by molar-refractivity contribution is 7.99. The first kappa shape index (κ1) is 31.2. The number of amides is 1. The number of carbonyl (C=O) groups excluding carboxylic acids is 6. The van der Waals surface area contributed by atoms with Gasteiger partial charge >= 0.3 is 11.9 Å². The van der Waals surface area contributed by atoms with E-state index in [2.05, 4.69) is 5.32 Å². The first-order chi connectivity index (χ1) is 17.2. The number of methoxy groups -OCH3 is 1. The molecule has 1 N–H and O–H groups in total. The van der Waals surface area contributed by atoms with Crippen molar-refractivity contribution in [2.75, 3.05) is 31.8 Å². The summed E-state index contributed by atoms with van der Waals surface area (Å²) in [6.07, 6.45) is 1.20. The van der Waals surface area contributed by atoms with Crippen molar-refractivity contribution in [2.45, 2.75) is 21.3 Å². The van der Waals surface area contributed by atoms with E-state index < -0.39 is 23.5 Å². The molecule has 11 heteroatoms. The molecule has 10 nitrogen and oxygen atoms in total. The van der Waals surface area contributed by atoms with E-state index in [9.17, 15) is 28.8 Å². The van der Waals surface area contributed by atoms with Crippen molar-refractivity contribution >= 4 is 48.0 Å². The Morgan fingerprint density at radius 2 is 1.57 bits per heavy atom. The number of hydrogen-bond donors (Lipinski definition) is 1. The number of ether oxygens (including phenoxy) is 3. The second-order valence-electron chi connectivity index (χ2n) is 7.26. The van der Waals surface area contributed by atoms with Crippen LogP contribution in [0, 0.1) is 0 Å². The Balaban J connectivity index is 0.000000533. The van der Waals surface area contributed by atoms with E-state index in [4.69, 9.17) is 14.2 Å². The fourth-order valence-corrected chi connectivity index (χ4v) is 4.00. The van der Waals surface area contributed by atoms with E-state index in [-0.39, 0.29) is 46.7 Å². The summed E-state index contributed by atoms with van der Waals surface area (Å²) in [6, 6.07) is 6.75. The summed E-state index contributed by atoms with van der Waals surface area (Å²) in [5, 5.41) is 2.58. The van der Waals surface area contributed by atoms with Gasteiger partial charge in [-0.3, -0.25) is 28.8 Å². The second-order valence-corrected chi connectivity index (χ2v) is 8.49. The Labute approximate surface area is 219 Å². The van der Waals surface area contributed by atoms with Crippen LogP contribution < -0.4 is 14.8 Å². The molecular weight excluding hydrogens is 502 g/mol. The van der Waals surface area contributed by atoms with Crippen LogP contribution in [0.5, 0.6) is 11.5 Å². The number of nitrogens with one attached hydrogen (secondary N) is 1. The third-order valence-corrected chi connectivity index (χ3v) is 5.59. The van der Waals surface area contributed by atoms with Crippen LogP contribution in [-0.4, -0.2) is 68.0 Å². The van der Waals surface area contributed by atoms with Crippen LogP contribution >= 0.6 is 11.8 Å². The molecule has 0 spiro atoms. The Hall–Kier alpha value is -3.83. The van der Waals surface area contributed by atoms with E-state index >= 15 is 0 Å². The van der Waals surface area contributed by atoms with Gasteiger partial charge in [-0.25, -0.2) is 0 Å². The molecule has 0 aromatic heterocycles. The molecule has 0 aliphatic heterocycles. The minimum Gasteiger partial charge on any atom is -0.426 e. The number of hydrogen-bond acceptors (Lipinski definition) is 10. The minimum atomic E-state index is -0.713. The monoisotopic (exact) mass is 531 g/mol. The van der Waals surface area contributed by atoms with Crippen LogP contribution in [0.25, 0.3) is 0 Å². The smallest absolute Gasteiger partial charge is 0.308 e. The quantitative estimate of drug-likeness (QED) is 0.180. The molecule has 3 rings (SSSR count). The van der Waals surface area contributed by atoms with Crippen molar-refractivity contribution in [1.29, 1.82) is 0 Å². The molecule has 0 bridgehead atoms. The van der Waals surface area contributed by atoms with Gasteiger partial charge in [-0.15, -0.1) is 0 Å². The summed E-state index contributed by atoms with van der Waals surface area (Å²) in [5.41, 5.74) is -0.169. The van der Waals surface area contributed by atoms with Gasteiger partial charge in [0.1, 0.15) is 17.8 Å². The average molecular weight is 532 g/mol. The van der Waals surface area contributed by atoms with Crippen LogP contribution in [0.1, 0.15) is 63.5 Å². The highest BCUT2D eigenvalue weighted by atomic mass is 32.2. The van der Waals surface area contributed by atoms with Gasteiger partial charge in [-0.1, -0.05) is 19.6 Å². The molecule has 1 amide bonds. The molecule has 0 unspecified atom stereocenters. The molecule has 0 atom stereocenters. The lowest BCUT2D eigenvalue weighted by Gasteiger charge is -2.21. The van der Waals surface area contributed by atoms with Crippen molar-refractivity contribution in [3.05, 3.63) is 58.1 Å². The largest absolute Gasteiger partial charge is 0.426 e. The first-order valence-electron chi connectivity index (χ1n) is 10.7. The maximum absolute atomic E-state index is 13.0. The normalized spacial score (nSPS) is 11.0. The van der Waals surface area contributed by atoms with Crippen molar-refractivity contribution in [3.63, 3.8) is 0 Å². The number of ketones is 2. The van der Waals surface area contributed by atoms with Gasteiger partial charge in [0, 0.05) is 55.7 Å². The van der Waals surface area contributed by atoms with Crippen molar-refractivity contribution in [2.24, 2.45) is 0 Å². The predicted molar refractivity (Wildman–Crippen MR) is 138 cm³/mol. The van der Waals surface area contributed by atoms with Gasteiger partial charge in [-0.2, -0.15) is 11.8 Å². The Bertz CT molecular complexity index is 1180. The third-order valence-electron chi connectivity index (χ3n) is 4.64. The van der Waals surface area contributed by atoms with E-state index in [1.54, 1.807) is 18.9 Å². The van der Waals surface area contributed by atoms with E-state index in [0.29, 0.717) is 6.29 Å². The minimum absolute atomic E-state index is 0. The maximum Gasteiger partial charge on any atom is 0.308 e. The molecule has 1 aliphatic rings. The zero-order chi connectivity index (χ0) is 26.7. The van der Waals surface area contributed by atoms with E-state index in [1.165, 1.54) is 37.3 Å². The standard InChI is InChI=1S/C19H12O7.C6H13NO2S.CH4/c1-9(21)25-14-5-3-4-12-16(14)19(24)17-13(18(12)23)6-11(8-20)7-15(17)26-10(2)22;1-9-3-5-10-4-2-7-6-8;/h3-8H,1-2H3;6H,2-5H2,1H3,(H,7,8);1H4. The lowest BCUT2D eigenvalue weighted by atomic mass is 9.82. The van der Waals surface area contributed by atoms with E-state index in [1.807, 2.05) is 0 Å². The number of esters is 2. The summed E-state index contributed by atoms with van der Waals surface area (Å²) < 4.78 is 14.9. The van der Waals surface area contributed by atoms with Gasteiger partial charge in [0.2, 0.25) is 12.2 Å². The lowest BCUT2D eigenvalue weighted by molar-refractivity contribution is -0.132. The number of rotatable bonds is 10. The highest BCUT2D eigenvalue weighted by Gasteiger charge is 2.36. The molecule has 37 heavy (non-hydrogen) atoms. The molecule has 198 valence electrons. The summed E-state index contributed by atoms with van der Waals surface area (Å²) >= 11 is 1.77. The maximum atomic E-state index is 13.0. The average Bonchev–Trinajstić information content (AvgIpc) is 2.84. The van der Waals surface area contributed by atoms with Gasteiger partial charge < -0.3 is 19.5 Å². The predicted octanol–water partition coefficient (Wildman–Crippen LogP) is 2.87. The molecule has 2 aromatic carbocycles. The van der Waals surface area contributed by atoms with Crippen molar-refractivity contribution < 1.29 is 43.0 Å². The molecule has 0 fully saturated rings. The second kappa shape index (κ2) is 15.3. The fraction of sp³-hybridized carbons (Fsp3) is 0.308. The molecule has 0 saturated heterocycles. The van der Waals surface area contributed by atoms with E-state index in [0.717, 1.165) is 38.0 Å². The summed E-state index contributed by atoms with van der Waals surface area (Å²) in [5.74, 6) is -0.846. The van der Waals surface area contributed by atoms with Crippen LogP contribution in [-0.2, 0) is 19.1 Å². The number of aldehydes is 1. The lowest BCUT2D eigenvalue weighted by Crippen LogP contribution is -2.24. The van der Waals surface area contributed by atoms with Crippen molar-refractivity contribution in [3.8, 4) is 11.5 Å². The SMILES string of the molecule is C.CC(=O)Oc1cccc2c1C(=O)c1c(OC(C)=O)cc(C=O)cc1C2=O.COCCSCCNC=O. The van der Waals surface area contributed by atoms with Gasteiger partial charge in [0.25, 0.3) is 0 Å². The van der Waals surface area contributed by atoms with Crippen LogP contribution in [0.15, 0.2) is 30.3 Å². The van der Waals surface area contributed by atoms with Gasteiger partial charge in [-0.05, 0) is 18.2 Å². The molecule has 0 radical (unpaired) electrons.